The molecular formula is C11H14N4O2S. The van der Waals surface area contributed by atoms with Crippen LogP contribution in [0.5, 0.6) is 5.75 Å². The number of aliphatic hydroxyl groups excluding tert-OH is 1. The highest BCUT2D eigenvalue weighted by atomic mass is 32.2. The van der Waals surface area contributed by atoms with E-state index in [1.165, 1.54) is 11.8 Å². The summed E-state index contributed by atoms with van der Waals surface area (Å²) in [5.41, 5.74) is 0.762. The first-order valence-electron chi connectivity index (χ1n) is 5.50. The van der Waals surface area contributed by atoms with Gasteiger partial charge >= 0.3 is 0 Å². The van der Waals surface area contributed by atoms with E-state index >= 15 is 0 Å². The van der Waals surface area contributed by atoms with Gasteiger partial charge in [-0.1, -0.05) is 18.7 Å². The lowest BCUT2D eigenvalue weighted by atomic mass is 10.3. The Morgan fingerprint density at radius 1 is 1.22 bits per heavy atom. The minimum absolute atomic E-state index is 0.00753. The number of benzene rings is 1. The first-order valence-corrected chi connectivity index (χ1v) is 6.38. The van der Waals surface area contributed by atoms with Gasteiger partial charge in [-0.15, -0.1) is 5.10 Å². The van der Waals surface area contributed by atoms with Gasteiger partial charge < -0.3 is 10.2 Å². The maximum Gasteiger partial charge on any atom is 0.214 e. The maximum absolute atomic E-state index is 9.49. The first-order chi connectivity index (χ1) is 8.58. The van der Waals surface area contributed by atoms with Crippen molar-refractivity contribution in [2.24, 2.45) is 0 Å². The monoisotopic (exact) mass is 266 g/mol. The van der Waals surface area contributed by atoms with Crippen LogP contribution >= 0.6 is 11.8 Å². The van der Waals surface area contributed by atoms with Crippen LogP contribution in [0.15, 0.2) is 29.4 Å². The van der Waals surface area contributed by atoms with E-state index in [2.05, 4.69) is 15.5 Å². The molecule has 0 bridgehead atoms. The zero-order valence-corrected chi connectivity index (χ0v) is 10.9. The van der Waals surface area contributed by atoms with Crippen molar-refractivity contribution in [1.29, 1.82) is 0 Å². The van der Waals surface area contributed by atoms with E-state index in [-0.39, 0.29) is 11.0 Å². The lowest BCUT2D eigenvalue weighted by Crippen LogP contribution is -2.16. The molecule has 18 heavy (non-hydrogen) atoms. The molecule has 96 valence electrons. The fourth-order valence-electron chi connectivity index (χ4n) is 1.27. The average Bonchev–Trinajstić information content (AvgIpc) is 2.78. The van der Waals surface area contributed by atoms with E-state index in [4.69, 9.17) is 0 Å². The number of nitrogens with zero attached hydrogens (tertiary/aromatic N) is 4. The Morgan fingerprint density at radius 2 is 1.89 bits per heavy atom. The molecule has 2 N–H and O–H groups in total. The van der Waals surface area contributed by atoms with Crippen molar-refractivity contribution < 1.29 is 10.2 Å². The number of hydrogen-bond donors (Lipinski definition) is 2. The number of aromatic nitrogens is 4. The Bertz CT molecular complexity index is 512. The normalized spacial score (nSPS) is 14.4. The highest BCUT2D eigenvalue weighted by Crippen LogP contribution is 2.25. The van der Waals surface area contributed by atoms with E-state index < -0.39 is 6.10 Å². The standard InChI is InChI=1S/C11H14N4O2S/c1-7(16)8(2)18-11-12-13-14-15(11)9-3-5-10(17)6-4-9/h3-8,16-17H,1-2H3. The average molecular weight is 266 g/mol. The van der Waals surface area contributed by atoms with Gasteiger partial charge in [0.25, 0.3) is 0 Å². The molecule has 7 heteroatoms. The van der Waals surface area contributed by atoms with Crippen LogP contribution < -0.4 is 0 Å². The Balaban J connectivity index is 2.25. The Hall–Kier alpha value is -1.60. The number of tetrazole rings is 1. The van der Waals surface area contributed by atoms with Crippen molar-refractivity contribution >= 4 is 11.8 Å². The molecule has 2 rings (SSSR count). The Labute approximate surface area is 109 Å². The lowest BCUT2D eigenvalue weighted by molar-refractivity contribution is 0.196. The lowest BCUT2D eigenvalue weighted by Gasteiger charge is -2.13. The Kier molecular flexibility index (Phi) is 3.83. The first kappa shape index (κ1) is 12.8. The molecule has 1 heterocycles. The van der Waals surface area contributed by atoms with Crippen LogP contribution in [-0.4, -0.2) is 41.8 Å². The summed E-state index contributed by atoms with van der Waals surface area (Å²) in [5, 5.41) is 30.8. The topological polar surface area (TPSA) is 84.1 Å². The fraction of sp³-hybridized carbons (Fsp3) is 0.364. The van der Waals surface area contributed by atoms with E-state index in [9.17, 15) is 10.2 Å². The summed E-state index contributed by atoms with van der Waals surface area (Å²) < 4.78 is 1.57. The van der Waals surface area contributed by atoms with Crippen LogP contribution in [0.3, 0.4) is 0 Å². The summed E-state index contributed by atoms with van der Waals surface area (Å²) in [4.78, 5) is 0. The van der Waals surface area contributed by atoms with Crippen LogP contribution in [0.25, 0.3) is 5.69 Å². The van der Waals surface area contributed by atoms with Gasteiger partial charge in [0.2, 0.25) is 5.16 Å². The molecule has 0 aliphatic rings. The molecule has 0 aliphatic heterocycles. The highest BCUT2D eigenvalue weighted by Gasteiger charge is 2.16. The van der Waals surface area contributed by atoms with Crippen molar-refractivity contribution in [3.63, 3.8) is 0 Å². The largest absolute Gasteiger partial charge is 0.508 e. The SMILES string of the molecule is CC(O)C(C)Sc1nnnn1-c1ccc(O)cc1. The van der Waals surface area contributed by atoms with Gasteiger partial charge in [-0.05, 0) is 41.6 Å². The predicted octanol–water partition coefficient (Wildman–Crippen LogP) is 1.23. The van der Waals surface area contributed by atoms with Gasteiger partial charge in [0.15, 0.2) is 0 Å². The molecule has 0 saturated carbocycles. The fourth-order valence-corrected chi connectivity index (χ4v) is 2.13. The minimum atomic E-state index is -0.444. The summed E-state index contributed by atoms with van der Waals surface area (Å²) in [7, 11) is 0. The molecular weight excluding hydrogens is 252 g/mol. The molecule has 1 aromatic heterocycles. The number of aromatic hydroxyl groups is 1. The third kappa shape index (κ3) is 2.80. The highest BCUT2D eigenvalue weighted by molar-refractivity contribution is 7.99. The van der Waals surface area contributed by atoms with Gasteiger partial charge in [-0.3, -0.25) is 0 Å². The number of rotatable bonds is 4. The third-order valence-electron chi connectivity index (χ3n) is 2.51. The summed E-state index contributed by atoms with van der Waals surface area (Å²) in [6.07, 6.45) is -0.444. The molecule has 0 aliphatic carbocycles. The molecule has 2 aromatic rings. The molecule has 0 radical (unpaired) electrons. The van der Waals surface area contributed by atoms with Crippen molar-refractivity contribution in [1.82, 2.24) is 20.2 Å². The smallest absolute Gasteiger partial charge is 0.214 e. The Morgan fingerprint density at radius 3 is 2.50 bits per heavy atom. The molecule has 0 saturated heterocycles. The van der Waals surface area contributed by atoms with Gasteiger partial charge in [0, 0.05) is 5.25 Å². The molecule has 0 spiro atoms. The number of phenols is 1. The van der Waals surface area contributed by atoms with Crippen molar-refractivity contribution in [3.8, 4) is 11.4 Å². The van der Waals surface area contributed by atoms with Gasteiger partial charge in [0.1, 0.15) is 5.75 Å². The van der Waals surface area contributed by atoms with E-state index in [0.717, 1.165) is 5.69 Å². The quantitative estimate of drug-likeness (QED) is 0.810. The van der Waals surface area contributed by atoms with Crippen LogP contribution in [0.4, 0.5) is 0 Å². The molecule has 2 atom stereocenters. The van der Waals surface area contributed by atoms with Gasteiger partial charge in [-0.2, -0.15) is 4.68 Å². The molecule has 0 amide bonds. The molecule has 6 nitrogen and oxygen atoms in total. The zero-order chi connectivity index (χ0) is 13.1. The molecule has 0 fully saturated rings. The number of phenolic OH excluding ortho intramolecular Hbond substituents is 1. The summed E-state index contributed by atoms with van der Waals surface area (Å²) in [5.74, 6) is 0.193. The van der Waals surface area contributed by atoms with Crippen LogP contribution in [-0.2, 0) is 0 Å². The number of aliphatic hydroxyl groups is 1. The summed E-state index contributed by atoms with van der Waals surface area (Å²) in [6, 6.07) is 6.60. The summed E-state index contributed by atoms with van der Waals surface area (Å²) >= 11 is 1.40. The van der Waals surface area contributed by atoms with Crippen LogP contribution in [0.2, 0.25) is 0 Å². The molecule has 1 aromatic carbocycles. The second-order valence-corrected chi connectivity index (χ2v) is 5.30. The van der Waals surface area contributed by atoms with Gasteiger partial charge in [-0.25, -0.2) is 0 Å². The van der Waals surface area contributed by atoms with Crippen molar-refractivity contribution in [2.75, 3.05) is 0 Å². The zero-order valence-electron chi connectivity index (χ0n) is 10.1. The maximum atomic E-state index is 9.49. The number of hydrogen-bond acceptors (Lipinski definition) is 6. The summed E-state index contributed by atoms with van der Waals surface area (Å²) in [6.45, 7) is 3.64. The third-order valence-corrected chi connectivity index (χ3v) is 3.74. The van der Waals surface area contributed by atoms with E-state index in [0.29, 0.717) is 5.16 Å². The van der Waals surface area contributed by atoms with Crippen LogP contribution in [0.1, 0.15) is 13.8 Å². The second kappa shape index (κ2) is 5.36. The number of thioether (sulfide) groups is 1. The van der Waals surface area contributed by atoms with E-state index in [1.807, 2.05) is 6.92 Å². The van der Waals surface area contributed by atoms with Crippen LogP contribution in [0, 0.1) is 0 Å². The van der Waals surface area contributed by atoms with Gasteiger partial charge in [0.05, 0.1) is 11.8 Å². The van der Waals surface area contributed by atoms with Crippen molar-refractivity contribution in [3.05, 3.63) is 24.3 Å². The minimum Gasteiger partial charge on any atom is -0.508 e. The van der Waals surface area contributed by atoms with E-state index in [1.54, 1.807) is 35.9 Å². The predicted molar refractivity (Wildman–Crippen MR) is 67.8 cm³/mol. The molecule has 2 unspecified atom stereocenters. The van der Waals surface area contributed by atoms with Crippen molar-refractivity contribution in [2.45, 2.75) is 30.4 Å². The second-order valence-electron chi connectivity index (χ2n) is 3.95.